The first-order valence-electron chi connectivity index (χ1n) is 19.6. The summed E-state index contributed by atoms with van der Waals surface area (Å²) >= 11 is 0. The summed E-state index contributed by atoms with van der Waals surface area (Å²) < 4.78 is 34.4. The normalized spacial score (nSPS) is 14.2. The Morgan fingerprint density at radius 1 is 0.625 bits per heavy atom. The summed E-state index contributed by atoms with van der Waals surface area (Å²) in [6, 6.07) is 0. The van der Waals surface area contributed by atoms with Crippen LogP contribution in [0.3, 0.4) is 0 Å². The van der Waals surface area contributed by atoms with Crippen molar-refractivity contribution < 1.29 is 37.3 Å². The quantitative estimate of drug-likeness (QED) is 0.0211. The Morgan fingerprint density at radius 3 is 1.65 bits per heavy atom. The van der Waals surface area contributed by atoms with E-state index in [2.05, 4.69) is 38.2 Å². The number of phosphoric ester groups is 1. The Hall–Kier alpha value is -1.02. The zero-order chi connectivity index (χ0) is 35.6. The molecule has 2 unspecified atom stereocenters. The molecule has 284 valence electrons. The number of phosphoric acid groups is 1. The summed E-state index contributed by atoms with van der Waals surface area (Å²) in [7, 11) is 1.35. The van der Waals surface area contributed by atoms with Crippen LogP contribution in [0.1, 0.15) is 162 Å². The molecule has 0 aliphatic rings. The second-order valence-corrected chi connectivity index (χ2v) is 15.7. The number of nitrogens with zero attached hydrogens (tertiary/aromatic N) is 1. The molecule has 8 nitrogen and oxygen atoms in total. The molecule has 0 radical (unpaired) electrons. The van der Waals surface area contributed by atoms with Crippen LogP contribution in [0.5, 0.6) is 0 Å². The van der Waals surface area contributed by atoms with Crippen molar-refractivity contribution in [2.24, 2.45) is 0 Å². The molecular weight excluding hydrogens is 625 g/mol. The van der Waals surface area contributed by atoms with Gasteiger partial charge in [-0.1, -0.05) is 122 Å². The van der Waals surface area contributed by atoms with Crippen molar-refractivity contribution in [2.45, 2.75) is 168 Å². The van der Waals surface area contributed by atoms with Gasteiger partial charge in [-0.2, -0.15) is 0 Å². The fourth-order valence-corrected chi connectivity index (χ4v) is 5.84. The van der Waals surface area contributed by atoms with E-state index in [0.29, 0.717) is 24.1 Å². The van der Waals surface area contributed by atoms with Crippen LogP contribution in [-0.2, 0) is 27.9 Å². The molecule has 0 spiro atoms. The molecule has 9 heteroatoms. The molecule has 0 bridgehead atoms. The molecule has 48 heavy (non-hydrogen) atoms. The van der Waals surface area contributed by atoms with Gasteiger partial charge in [0.1, 0.15) is 19.3 Å². The average Bonchev–Trinajstić information content (AvgIpc) is 3.03. The molecule has 0 saturated heterocycles. The van der Waals surface area contributed by atoms with Crippen LogP contribution in [0.2, 0.25) is 0 Å². The molecule has 0 aromatic heterocycles. The van der Waals surface area contributed by atoms with Gasteiger partial charge >= 0.3 is 5.97 Å². The molecular formula is C39H76NO7P. The van der Waals surface area contributed by atoms with Crippen LogP contribution in [0, 0.1) is 0 Å². The number of allylic oxidation sites excluding steroid dienone is 4. The van der Waals surface area contributed by atoms with E-state index in [4.69, 9.17) is 18.5 Å². The van der Waals surface area contributed by atoms with Crippen LogP contribution in [0.4, 0.5) is 0 Å². The number of rotatable bonds is 36. The lowest BCUT2D eigenvalue weighted by Gasteiger charge is -2.28. The molecule has 0 aromatic rings. The third kappa shape index (κ3) is 36.3. The Kier molecular flexibility index (Phi) is 32.4. The lowest BCUT2D eigenvalue weighted by Crippen LogP contribution is -2.37. The zero-order valence-corrected chi connectivity index (χ0v) is 32.8. The van der Waals surface area contributed by atoms with Crippen molar-refractivity contribution >= 4 is 13.8 Å². The van der Waals surface area contributed by atoms with Gasteiger partial charge in [-0.15, -0.1) is 0 Å². The van der Waals surface area contributed by atoms with Crippen LogP contribution in [0.15, 0.2) is 24.3 Å². The molecule has 0 rings (SSSR count). The number of hydrogen-bond acceptors (Lipinski definition) is 7. The van der Waals surface area contributed by atoms with Gasteiger partial charge in [0.05, 0.1) is 34.4 Å². The molecule has 0 aromatic carbocycles. The molecule has 0 N–H and O–H groups in total. The number of carbonyl (C=O) groups is 1. The molecule has 0 aliphatic carbocycles. The maximum atomic E-state index is 12.6. The highest BCUT2D eigenvalue weighted by Gasteiger charge is 2.20. The third-order valence-corrected chi connectivity index (χ3v) is 9.19. The Bertz CT molecular complexity index is 828. The van der Waals surface area contributed by atoms with Gasteiger partial charge in [-0.25, -0.2) is 0 Å². The largest absolute Gasteiger partial charge is 0.756 e. The van der Waals surface area contributed by atoms with E-state index >= 15 is 0 Å². The van der Waals surface area contributed by atoms with Crippen LogP contribution in [0.25, 0.3) is 0 Å². The second kappa shape index (κ2) is 33.1. The van der Waals surface area contributed by atoms with Crippen LogP contribution >= 0.6 is 7.82 Å². The molecule has 0 saturated carbocycles. The van der Waals surface area contributed by atoms with Crippen molar-refractivity contribution in [2.75, 3.05) is 54.1 Å². The van der Waals surface area contributed by atoms with Gasteiger partial charge in [0, 0.05) is 13.0 Å². The zero-order valence-electron chi connectivity index (χ0n) is 31.9. The van der Waals surface area contributed by atoms with Gasteiger partial charge in [0.15, 0.2) is 0 Å². The van der Waals surface area contributed by atoms with E-state index in [1.165, 1.54) is 96.3 Å². The third-order valence-electron chi connectivity index (χ3n) is 8.23. The number of hydrogen-bond donors (Lipinski definition) is 0. The highest BCUT2D eigenvalue weighted by molar-refractivity contribution is 7.45. The molecule has 0 amide bonds. The van der Waals surface area contributed by atoms with E-state index < -0.39 is 13.9 Å². The Balaban J connectivity index is 4.29. The van der Waals surface area contributed by atoms with Crippen molar-refractivity contribution in [3.8, 4) is 0 Å². The maximum absolute atomic E-state index is 12.6. The van der Waals surface area contributed by atoms with Gasteiger partial charge in [-0.3, -0.25) is 9.36 Å². The summed E-state index contributed by atoms with van der Waals surface area (Å²) in [5.41, 5.74) is 0. The highest BCUT2D eigenvalue weighted by Crippen LogP contribution is 2.38. The predicted molar refractivity (Wildman–Crippen MR) is 199 cm³/mol. The van der Waals surface area contributed by atoms with E-state index in [9.17, 15) is 14.3 Å². The smallest absolute Gasteiger partial charge is 0.306 e. The Labute approximate surface area is 296 Å². The van der Waals surface area contributed by atoms with E-state index in [0.717, 1.165) is 44.9 Å². The first-order valence-corrected chi connectivity index (χ1v) is 21.0. The summed E-state index contributed by atoms with van der Waals surface area (Å²) in [6.45, 7) is 5.33. The minimum absolute atomic E-state index is 0.0241. The maximum Gasteiger partial charge on any atom is 0.306 e. The van der Waals surface area contributed by atoms with Crippen molar-refractivity contribution in [3.05, 3.63) is 24.3 Å². The summed E-state index contributed by atoms with van der Waals surface area (Å²) in [5.74, 6) is -0.348. The topological polar surface area (TPSA) is 94.1 Å². The number of unbranched alkanes of at least 4 members (excludes halogenated alkanes) is 18. The Morgan fingerprint density at radius 2 is 1.10 bits per heavy atom. The lowest BCUT2D eigenvalue weighted by molar-refractivity contribution is -0.870. The summed E-state index contributed by atoms with van der Waals surface area (Å²) in [5, 5.41) is 0. The lowest BCUT2D eigenvalue weighted by atomic mass is 10.1. The highest BCUT2D eigenvalue weighted by atomic mass is 31.2. The second-order valence-electron chi connectivity index (χ2n) is 14.3. The van der Waals surface area contributed by atoms with Gasteiger partial charge < -0.3 is 27.9 Å². The minimum atomic E-state index is -4.52. The molecule has 0 heterocycles. The fourth-order valence-electron chi connectivity index (χ4n) is 5.11. The van der Waals surface area contributed by atoms with Crippen LogP contribution in [-0.4, -0.2) is 70.7 Å². The average molecular weight is 702 g/mol. The van der Waals surface area contributed by atoms with Crippen molar-refractivity contribution in [1.29, 1.82) is 0 Å². The molecule has 2 atom stereocenters. The fraction of sp³-hybridized carbons (Fsp3) is 0.872. The number of ether oxygens (including phenoxy) is 2. The van der Waals surface area contributed by atoms with Crippen molar-refractivity contribution in [1.82, 2.24) is 0 Å². The first kappa shape index (κ1) is 47.0. The van der Waals surface area contributed by atoms with E-state index in [1.54, 1.807) is 0 Å². The van der Waals surface area contributed by atoms with Gasteiger partial charge in [0.25, 0.3) is 7.82 Å². The van der Waals surface area contributed by atoms with E-state index in [-0.39, 0.29) is 25.8 Å². The predicted octanol–water partition coefficient (Wildman–Crippen LogP) is 10.2. The number of quaternary nitrogens is 1. The number of esters is 1. The van der Waals surface area contributed by atoms with Gasteiger partial charge in [0.2, 0.25) is 0 Å². The number of carbonyl (C=O) groups excluding carboxylic acids is 1. The summed E-state index contributed by atoms with van der Waals surface area (Å²) in [4.78, 5) is 24.9. The standard InChI is InChI=1S/C39H76NO7P/c1-6-8-10-12-14-16-18-19-20-21-23-25-27-29-31-34-44-36-38(37-46-48(42,43)45-35-33-40(3,4)5)47-39(41)32-30-28-26-24-22-17-15-13-11-9-7-2/h13,15,18-19,38H,6-12,14,16-17,20-37H2,1-5H3/b15-13-,19-18-. The molecule has 0 fully saturated rings. The minimum Gasteiger partial charge on any atom is -0.756 e. The van der Waals surface area contributed by atoms with E-state index in [1.807, 2.05) is 21.1 Å². The summed E-state index contributed by atoms with van der Waals surface area (Å²) in [6.07, 6.45) is 34.7. The van der Waals surface area contributed by atoms with Gasteiger partial charge in [-0.05, 0) is 57.8 Å². The first-order chi connectivity index (χ1) is 23.1. The molecule has 0 aliphatic heterocycles. The monoisotopic (exact) mass is 702 g/mol. The van der Waals surface area contributed by atoms with Crippen LogP contribution < -0.4 is 4.89 Å². The van der Waals surface area contributed by atoms with Crippen molar-refractivity contribution in [3.63, 3.8) is 0 Å². The SMILES string of the molecule is CCCC/C=C\CCCCCCCC(=O)OC(COCCCCCCCC/C=C\CCCCCCC)COP(=O)([O-])OCC[N+](C)(C)C. The number of likely N-dealkylation sites (N-methyl/N-ethyl adjacent to an activating group) is 1.